The van der Waals surface area contributed by atoms with Crippen LogP contribution < -0.4 is 0 Å². The molecule has 0 aliphatic carbocycles. The monoisotopic (exact) mass is 507 g/mol. The van der Waals surface area contributed by atoms with Crippen molar-refractivity contribution in [3.63, 3.8) is 0 Å². The summed E-state index contributed by atoms with van der Waals surface area (Å²) < 4.78 is 0. The Labute approximate surface area is 224 Å². The second-order valence-corrected chi connectivity index (χ2v) is 10.9. The zero-order valence-corrected chi connectivity index (χ0v) is 23.3. The lowest BCUT2D eigenvalue weighted by Gasteiger charge is -2.39. The van der Waals surface area contributed by atoms with Crippen LogP contribution in [0.25, 0.3) is 0 Å². The Morgan fingerprint density at radius 3 is 1.92 bits per heavy atom. The molecule has 1 heterocycles. The Morgan fingerprint density at radius 2 is 1.42 bits per heavy atom. The molecule has 1 atom stereocenters. The summed E-state index contributed by atoms with van der Waals surface area (Å²) in [4.78, 5) is 11.2. The standard InChI is InChI=1S/C30H45N5S/c1-7-13-32-15-16-33(14-8-2)19-20-35(23-27(5)6)29(24-34(18-17-32)22-26(3)4)21-28-9-11-30(12-10-28)36-25-31/h7-12,29H,1-3,5,13-24H2,4,6H3. The maximum atomic E-state index is 9.00. The third-order valence-electron chi connectivity index (χ3n) is 6.45. The molecule has 1 fully saturated rings. The lowest BCUT2D eigenvalue weighted by Crippen LogP contribution is -2.51. The molecule has 1 aliphatic rings. The van der Waals surface area contributed by atoms with Crippen molar-refractivity contribution in [2.45, 2.75) is 31.2 Å². The molecule has 1 saturated heterocycles. The van der Waals surface area contributed by atoms with E-state index in [9.17, 15) is 0 Å². The van der Waals surface area contributed by atoms with E-state index in [-0.39, 0.29) is 0 Å². The summed E-state index contributed by atoms with van der Waals surface area (Å²) in [7, 11) is 0. The van der Waals surface area contributed by atoms with Crippen molar-refractivity contribution < 1.29 is 0 Å². The number of thioether (sulfide) groups is 1. The summed E-state index contributed by atoms with van der Waals surface area (Å²) >= 11 is 1.21. The molecule has 1 aromatic rings. The van der Waals surface area contributed by atoms with E-state index in [1.807, 2.05) is 12.2 Å². The minimum absolute atomic E-state index is 0.341. The third-order valence-corrected chi connectivity index (χ3v) is 7.05. The van der Waals surface area contributed by atoms with E-state index in [1.54, 1.807) is 0 Å². The second-order valence-electron chi connectivity index (χ2n) is 9.99. The summed E-state index contributed by atoms with van der Waals surface area (Å²) in [5.74, 6) is 0. The molecule has 196 valence electrons. The van der Waals surface area contributed by atoms with Gasteiger partial charge in [0, 0.05) is 82.9 Å². The molecule has 0 bridgehead atoms. The van der Waals surface area contributed by atoms with Gasteiger partial charge in [-0.1, -0.05) is 48.6 Å². The van der Waals surface area contributed by atoms with Gasteiger partial charge in [-0.05, 0) is 49.7 Å². The summed E-state index contributed by atoms with van der Waals surface area (Å²) in [6.07, 6.45) is 4.98. The number of nitrogens with zero attached hydrogens (tertiary/aromatic N) is 5. The molecule has 1 aliphatic heterocycles. The Hall–Kier alpha value is -2.14. The van der Waals surface area contributed by atoms with Gasteiger partial charge in [0.15, 0.2) is 0 Å². The van der Waals surface area contributed by atoms with Crippen LogP contribution in [0.1, 0.15) is 19.4 Å². The number of nitriles is 1. The summed E-state index contributed by atoms with van der Waals surface area (Å²) in [6.45, 7) is 31.3. The summed E-state index contributed by atoms with van der Waals surface area (Å²) in [5, 5.41) is 11.2. The predicted molar refractivity (Wildman–Crippen MR) is 156 cm³/mol. The highest BCUT2D eigenvalue weighted by molar-refractivity contribution is 8.03. The van der Waals surface area contributed by atoms with Gasteiger partial charge in [-0.25, -0.2) is 0 Å². The molecule has 0 spiro atoms. The first-order chi connectivity index (χ1) is 17.3. The fraction of sp³-hybridized carbons (Fsp3) is 0.500. The number of hydrogen-bond donors (Lipinski definition) is 0. The van der Waals surface area contributed by atoms with Crippen LogP contribution >= 0.6 is 11.8 Å². The fourth-order valence-corrected chi connectivity index (χ4v) is 5.15. The van der Waals surface area contributed by atoms with Crippen LogP contribution in [0.5, 0.6) is 0 Å². The summed E-state index contributed by atoms with van der Waals surface area (Å²) in [5.41, 5.74) is 3.68. The van der Waals surface area contributed by atoms with Gasteiger partial charge in [0.05, 0.1) is 0 Å². The molecule has 1 aromatic carbocycles. The van der Waals surface area contributed by atoms with Gasteiger partial charge in [0.25, 0.3) is 0 Å². The van der Waals surface area contributed by atoms with Crippen LogP contribution in [0.3, 0.4) is 0 Å². The van der Waals surface area contributed by atoms with Crippen molar-refractivity contribution in [1.29, 1.82) is 5.26 Å². The van der Waals surface area contributed by atoms with Gasteiger partial charge in [0.1, 0.15) is 5.40 Å². The van der Waals surface area contributed by atoms with Gasteiger partial charge in [-0.2, -0.15) is 5.26 Å². The zero-order valence-electron chi connectivity index (χ0n) is 22.5. The molecular weight excluding hydrogens is 462 g/mol. The van der Waals surface area contributed by atoms with Crippen molar-refractivity contribution in [1.82, 2.24) is 19.6 Å². The molecular formula is C30H45N5S. The molecule has 0 radical (unpaired) electrons. The van der Waals surface area contributed by atoms with E-state index < -0.39 is 0 Å². The van der Waals surface area contributed by atoms with Crippen LogP contribution in [0.4, 0.5) is 0 Å². The zero-order chi connectivity index (χ0) is 26.3. The lowest BCUT2D eigenvalue weighted by atomic mass is 10.0. The average molecular weight is 508 g/mol. The van der Waals surface area contributed by atoms with Crippen molar-refractivity contribution in [2.24, 2.45) is 0 Å². The normalized spacial score (nSPS) is 19.5. The first kappa shape index (κ1) is 30.1. The highest BCUT2D eigenvalue weighted by Gasteiger charge is 2.24. The van der Waals surface area contributed by atoms with Crippen LogP contribution in [0.15, 0.2) is 78.8 Å². The van der Waals surface area contributed by atoms with E-state index >= 15 is 0 Å². The smallest absolute Gasteiger partial charge is 0.138 e. The number of rotatable bonds is 11. The molecule has 0 amide bonds. The fourth-order valence-electron chi connectivity index (χ4n) is 4.77. The van der Waals surface area contributed by atoms with Gasteiger partial charge < -0.3 is 0 Å². The maximum Gasteiger partial charge on any atom is 0.138 e. The van der Waals surface area contributed by atoms with E-state index in [1.165, 1.54) is 28.5 Å². The Balaban J connectivity index is 2.36. The topological polar surface area (TPSA) is 36.8 Å². The third kappa shape index (κ3) is 11.3. The van der Waals surface area contributed by atoms with E-state index in [2.05, 4.69) is 89.4 Å². The minimum atomic E-state index is 0.341. The average Bonchev–Trinajstić information content (AvgIpc) is 2.82. The van der Waals surface area contributed by atoms with Crippen molar-refractivity contribution >= 4 is 11.8 Å². The minimum Gasteiger partial charge on any atom is -0.297 e. The summed E-state index contributed by atoms with van der Waals surface area (Å²) in [6, 6.07) is 8.81. The number of hydrogen-bond acceptors (Lipinski definition) is 6. The van der Waals surface area contributed by atoms with Crippen LogP contribution in [-0.2, 0) is 6.42 Å². The largest absolute Gasteiger partial charge is 0.297 e. The molecule has 5 nitrogen and oxygen atoms in total. The molecule has 0 N–H and O–H groups in total. The first-order valence-electron chi connectivity index (χ1n) is 12.9. The van der Waals surface area contributed by atoms with Crippen LogP contribution in [-0.4, -0.2) is 97.6 Å². The highest BCUT2D eigenvalue weighted by atomic mass is 32.2. The highest BCUT2D eigenvalue weighted by Crippen LogP contribution is 2.20. The van der Waals surface area contributed by atoms with Gasteiger partial charge in [-0.15, -0.1) is 13.2 Å². The molecule has 36 heavy (non-hydrogen) atoms. The van der Waals surface area contributed by atoms with Gasteiger partial charge in [-0.3, -0.25) is 19.6 Å². The Bertz CT molecular complexity index is 888. The SMILES string of the molecule is C=CCN1CCN(CC=C)CCN(CC(=C)C)C(Cc2ccc(SC#N)cc2)CN(CC(=C)C)CC1. The Kier molecular flexibility index (Phi) is 13.9. The second kappa shape index (κ2) is 16.6. The van der Waals surface area contributed by atoms with E-state index in [0.717, 1.165) is 83.3 Å². The molecule has 2 rings (SSSR count). The van der Waals surface area contributed by atoms with E-state index in [0.29, 0.717) is 6.04 Å². The predicted octanol–water partition coefficient (Wildman–Crippen LogP) is 4.92. The number of benzene rings is 1. The van der Waals surface area contributed by atoms with Gasteiger partial charge in [0.2, 0.25) is 0 Å². The van der Waals surface area contributed by atoms with Gasteiger partial charge >= 0.3 is 0 Å². The Morgan fingerprint density at radius 1 is 0.889 bits per heavy atom. The molecule has 0 saturated carbocycles. The van der Waals surface area contributed by atoms with E-state index in [4.69, 9.17) is 5.26 Å². The maximum absolute atomic E-state index is 9.00. The first-order valence-corrected chi connectivity index (χ1v) is 13.7. The molecule has 6 heteroatoms. The van der Waals surface area contributed by atoms with Crippen molar-refractivity contribution in [2.75, 3.05) is 72.0 Å². The molecule has 0 aromatic heterocycles. The lowest BCUT2D eigenvalue weighted by molar-refractivity contribution is 0.112. The molecule has 1 unspecified atom stereocenters. The van der Waals surface area contributed by atoms with Crippen LogP contribution in [0, 0.1) is 10.7 Å². The van der Waals surface area contributed by atoms with Crippen LogP contribution in [0.2, 0.25) is 0 Å². The number of thiocyanates is 1. The quantitative estimate of drug-likeness (QED) is 0.241. The van der Waals surface area contributed by atoms with Crippen molar-refractivity contribution in [3.8, 4) is 5.40 Å². The van der Waals surface area contributed by atoms with Crippen molar-refractivity contribution in [3.05, 3.63) is 79.4 Å².